The summed E-state index contributed by atoms with van der Waals surface area (Å²) in [7, 11) is 7.67. The van der Waals surface area contributed by atoms with E-state index in [-0.39, 0.29) is 5.12 Å². The van der Waals surface area contributed by atoms with E-state index >= 15 is 0 Å². The minimum Gasteiger partial charge on any atom is -0.281 e. The zero-order chi connectivity index (χ0) is 16.8. The van der Waals surface area contributed by atoms with Gasteiger partial charge >= 0.3 is 0 Å². The predicted octanol–water partition coefficient (Wildman–Crippen LogP) is 7.83. The molecule has 0 fully saturated rings. The van der Waals surface area contributed by atoms with Gasteiger partial charge in [-0.15, -0.1) is 0 Å². The lowest BCUT2D eigenvalue weighted by atomic mass is 10.0. The summed E-state index contributed by atoms with van der Waals surface area (Å²) in [5.74, 6) is 0. The molecule has 130 valence electrons. The van der Waals surface area contributed by atoms with E-state index in [0.29, 0.717) is 0 Å². The quantitative estimate of drug-likeness (QED) is 0.259. The molecule has 0 bridgehead atoms. The zero-order valence-electron chi connectivity index (χ0n) is 14.2. The van der Waals surface area contributed by atoms with Gasteiger partial charge in [0.05, 0.1) is 0 Å². The predicted molar refractivity (Wildman–Crippen MR) is 107 cm³/mol. The maximum Gasteiger partial charge on any atom is 0.231 e. The van der Waals surface area contributed by atoms with Crippen molar-refractivity contribution in [1.29, 1.82) is 0 Å². The molecule has 0 saturated carbocycles. The molecular formula is C19H29ClOS2. The van der Waals surface area contributed by atoms with Gasteiger partial charge in [0.1, 0.15) is 0 Å². The van der Waals surface area contributed by atoms with Crippen molar-refractivity contribution in [2.24, 2.45) is 0 Å². The number of hydrogen-bond donors (Lipinski definition) is 0. The van der Waals surface area contributed by atoms with Gasteiger partial charge in [0.15, 0.2) is 0 Å². The van der Waals surface area contributed by atoms with Crippen LogP contribution in [0.25, 0.3) is 0 Å². The van der Waals surface area contributed by atoms with Crippen molar-refractivity contribution in [3.63, 3.8) is 0 Å². The van der Waals surface area contributed by atoms with Crippen LogP contribution in [-0.4, -0.2) is 5.12 Å². The summed E-state index contributed by atoms with van der Waals surface area (Å²) in [6.45, 7) is 2.26. The second-order valence-corrected chi connectivity index (χ2v) is 8.70. The zero-order valence-corrected chi connectivity index (χ0v) is 16.6. The molecule has 0 saturated heterocycles. The monoisotopic (exact) mass is 372 g/mol. The van der Waals surface area contributed by atoms with Crippen LogP contribution in [0, 0.1) is 0 Å². The Bertz CT molecular complexity index is 437. The fourth-order valence-electron chi connectivity index (χ4n) is 2.81. The third kappa shape index (κ3) is 9.69. The molecule has 0 aromatic heterocycles. The molecule has 1 rings (SSSR count). The summed E-state index contributed by atoms with van der Waals surface area (Å²) in [5, 5.41) is 0.0627. The van der Waals surface area contributed by atoms with Gasteiger partial charge in [0.2, 0.25) is 5.12 Å². The Labute approximate surface area is 154 Å². The number of rotatable bonds is 13. The van der Waals surface area contributed by atoms with Gasteiger partial charge in [-0.25, -0.2) is 0 Å². The molecule has 1 aromatic carbocycles. The number of carbonyl (C=O) groups excluding carboxylic acids is 1. The lowest BCUT2D eigenvalue weighted by Gasteiger charge is -2.07. The van der Waals surface area contributed by atoms with Gasteiger partial charge in [-0.05, 0) is 29.1 Å². The van der Waals surface area contributed by atoms with E-state index in [1.54, 1.807) is 0 Å². The van der Waals surface area contributed by atoms with Crippen LogP contribution < -0.4 is 0 Å². The summed E-state index contributed by atoms with van der Waals surface area (Å²) in [4.78, 5) is 12.0. The highest BCUT2D eigenvalue weighted by Gasteiger charge is 2.11. The van der Waals surface area contributed by atoms with E-state index in [4.69, 9.17) is 10.7 Å². The second-order valence-electron chi connectivity index (χ2n) is 6.02. The molecule has 0 spiro atoms. The van der Waals surface area contributed by atoms with Crippen LogP contribution in [0.4, 0.5) is 0 Å². The van der Waals surface area contributed by atoms with Crippen LogP contribution in [0.5, 0.6) is 0 Å². The molecular weight excluding hydrogens is 344 g/mol. The van der Waals surface area contributed by atoms with E-state index < -0.39 is 0 Å². The van der Waals surface area contributed by atoms with E-state index in [1.165, 1.54) is 64.2 Å². The summed E-state index contributed by atoms with van der Waals surface area (Å²) < 4.78 is 0. The van der Waals surface area contributed by atoms with Crippen molar-refractivity contribution in [3.05, 3.63) is 35.4 Å². The van der Waals surface area contributed by atoms with Gasteiger partial charge in [-0.1, -0.05) is 89.0 Å². The molecule has 1 nitrogen and oxygen atoms in total. The van der Waals surface area contributed by atoms with Crippen LogP contribution in [0.2, 0.25) is 0 Å². The molecule has 4 heteroatoms. The molecule has 0 aliphatic rings. The van der Waals surface area contributed by atoms with E-state index in [1.807, 2.05) is 18.2 Å². The molecule has 0 amide bonds. The number of benzene rings is 1. The van der Waals surface area contributed by atoms with Crippen molar-refractivity contribution in [1.82, 2.24) is 0 Å². The van der Waals surface area contributed by atoms with Gasteiger partial charge in [-0.3, -0.25) is 4.79 Å². The SMILES string of the molecule is CCCCCCCCCCCCc1ccccc1C(=O)SSCl. The first-order valence-electron chi connectivity index (χ1n) is 8.87. The lowest BCUT2D eigenvalue weighted by molar-refractivity contribution is 0.109. The van der Waals surface area contributed by atoms with Crippen LogP contribution in [-0.2, 0) is 6.42 Å². The smallest absolute Gasteiger partial charge is 0.231 e. The Kier molecular flexibility index (Phi) is 13.0. The van der Waals surface area contributed by atoms with Crippen LogP contribution >= 0.6 is 31.5 Å². The van der Waals surface area contributed by atoms with Crippen LogP contribution in [0.15, 0.2) is 24.3 Å². The Hall–Kier alpha value is -0.120. The minimum absolute atomic E-state index is 0.0627. The third-order valence-corrected chi connectivity index (χ3v) is 5.79. The van der Waals surface area contributed by atoms with Crippen molar-refractivity contribution in [2.45, 2.75) is 77.6 Å². The Morgan fingerprint density at radius 2 is 1.48 bits per heavy atom. The first-order chi connectivity index (χ1) is 11.3. The lowest BCUT2D eigenvalue weighted by Crippen LogP contribution is -1.99. The number of hydrogen-bond acceptors (Lipinski definition) is 3. The normalized spacial score (nSPS) is 10.9. The molecule has 23 heavy (non-hydrogen) atoms. The summed E-state index contributed by atoms with van der Waals surface area (Å²) in [6.07, 6.45) is 14.4. The first-order valence-corrected chi connectivity index (χ1v) is 11.8. The van der Waals surface area contributed by atoms with Gasteiger partial charge < -0.3 is 0 Å². The van der Waals surface area contributed by atoms with Gasteiger partial charge in [-0.2, -0.15) is 0 Å². The number of aryl methyl sites for hydroxylation is 1. The third-order valence-electron chi connectivity index (χ3n) is 4.14. The van der Waals surface area contributed by atoms with Crippen molar-refractivity contribution < 1.29 is 4.79 Å². The molecule has 0 N–H and O–H groups in total. The minimum atomic E-state index is 0.0627. The van der Waals surface area contributed by atoms with Crippen LogP contribution in [0.1, 0.15) is 87.1 Å². The molecule has 0 unspecified atom stereocenters. The fraction of sp³-hybridized carbons (Fsp3) is 0.632. The Morgan fingerprint density at radius 3 is 2.09 bits per heavy atom. The highest BCUT2D eigenvalue weighted by atomic mass is 35.7. The number of halogens is 1. The molecule has 0 aliphatic heterocycles. The average Bonchev–Trinajstić information content (AvgIpc) is 2.57. The Morgan fingerprint density at radius 1 is 0.913 bits per heavy atom. The summed E-state index contributed by atoms with van der Waals surface area (Å²) in [6, 6.07) is 7.92. The van der Waals surface area contributed by atoms with Crippen molar-refractivity contribution in [3.8, 4) is 0 Å². The van der Waals surface area contributed by atoms with E-state index in [2.05, 4.69) is 13.0 Å². The van der Waals surface area contributed by atoms with E-state index in [9.17, 15) is 4.79 Å². The summed E-state index contributed by atoms with van der Waals surface area (Å²) in [5.41, 5.74) is 1.98. The second kappa shape index (κ2) is 14.2. The van der Waals surface area contributed by atoms with Crippen LogP contribution in [0.3, 0.4) is 0 Å². The first kappa shape index (κ1) is 20.9. The summed E-state index contributed by atoms with van der Waals surface area (Å²) >= 11 is 0. The highest BCUT2D eigenvalue weighted by Crippen LogP contribution is 2.30. The largest absolute Gasteiger partial charge is 0.281 e. The van der Waals surface area contributed by atoms with Gasteiger partial charge in [0, 0.05) is 26.4 Å². The molecule has 0 atom stereocenters. The van der Waals surface area contributed by atoms with E-state index in [0.717, 1.165) is 38.3 Å². The molecule has 0 radical (unpaired) electrons. The maximum absolute atomic E-state index is 12.0. The van der Waals surface area contributed by atoms with Crippen molar-refractivity contribution in [2.75, 3.05) is 0 Å². The van der Waals surface area contributed by atoms with Crippen molar-refractivity contribution >= 4 is 36.6 Å². The number of carbonyl (C=O) groups is 1. The molecule has 1 aromatic rings. The Balaban J connectivity index is 2.15. The standard InChI is InChI=1S/C19H29ClOS2/c1-2-3-4-5-6-7-8-9-10-11-14-17-15-12-13-16-18(17)19(21)22-23-20/h12-13,15-16H,2-11,14H2,1H3. The molecule has 0 aliphatic carbocycles. The maximum atomic E-state index is 12.0. The topological polar surface area (TPSA) is 17.1 Å². The highest BCUT2D eigenvalue weighted by molar-refractivity contribution is 8.89. The number of unbranched alkanes of at least 4 members (excludes halogenated alkanes) is 9. The van der Waals surface area contributed by atoms with Gasteiger partial charge in [0.25, 0.3) is 0 Å². The average molecular weight is 373 g/mol. The molecule has 0 heterocycles. The fourth-order valence-corrected chi connectivity index (χ4v) is 4.12.